The zero-order chi connectivity index (χ0) is 27.3. The zero-order valence-corrected chi connectivity index (χ0v) is 20.6. The molecule has 12 heteroatoms. The third-order valence-electron chi connectivity index (χ3n) is 6.39. The number of benzene rings is 2. The summed E-state index contributed by atoms with van der Waals surface area (Å²) < 4.78 is 11.8. The Balaban J connectivity index is 1.56. The van der Waals surface area contributed by atoms with E-state index < -0.39 is 41.5 Å². The minimum atomic E-state index is -2.54. The van der Waals surface area contributed by atoms with E-state index in [4.69, 9.17) is 9.26 Å². The molecule has 0 spiro atoms. The van der Waals surface area contributed by atoms with Crippen LogP contribution in [0.3, 0.4) is 0 Å². The summed E-state index contributed by atoms with van der Waals surface area (Å²) in [6, 6.07) is 11.2. The highest BCUT2D eigenvalue weighted by Crippen LogP contribution is 2.32. The predicted molar refractivity (Wildman–Crippen MR) is 134 cm³/mol. The van der Waals surface area contributed by atoms with Gasteiger partial charge in [0.1, 0.15) is 11.3 Å². The molecule has 0 saturated carbocycles. The van der Waals surface area contributed by atoms with Gasteiger partial charge in [-0.3, -0.25) is 19.2 Å². The Hall–Kier alpha value is -4.61. The average Bonchev–Trinajstić information content (AvgIpc) is 3.33. The highest BCUT2D eigenvalue weighted by Gasteiger charge is 2.49. The number of carbonyl (C=O) groups is 3. The lowest BCUT2D eigenvalue weighted by Crippen LogP contribution is -2.43. The molecule has 0 atom stereocenters. The smallest absolute Gasteiger partial charge is 0.321 e. The van der Waals surface area contributed by atoms with Gasteiger partial charge < -0.3 is 19.5 Å². The molecule has 198 valence electrons. The van der Waals surface area contributed by atoms with Gasteiger partial charge in [0.05, 0.1) is 17.4 Å². The van der Waals surface area contributed by atoms with Crippen LogP contribution in [0.25, 0.3) is 21.9 Å². The second kappa shape index (κ2) is 11.2. The standard InChI is InChI=1S/C26H26N4O8/c1-2-3-6-13-37-16-9-10-18-21(14-16)38-28-22(18)20(31)15-26(24(33)34,25(35)36)11-12-30-23(32)17-7-4-5-8-19(17)27-29-30/h4-5,7-10,14H,2-3,6,11-13,15H2,1H3,(H,33,34)(H,35,36). The summed E-state index contributed by atoms with van der Waals surface area (Å²) in [6.45, 7) is 2.21. The summed E-state index contributed by atoms with van der Waals surface area (Å²) in [5.41, 5.74) is -2.69. The van der Waals surface area contributed by atoms with E-state index >= 15 is 0 Å². The number of aliphatic carboxylic acids is 2. The molecule has 0 radical (unpaired) electrons. The molecular weight excluding hydrogens is 496 g/mol. The SMILES string of the molecule is CCCCCOc1ccc2c(C(=O)CC(CCn3nnc4ccccc4c3=O)(C(=O)O)C(=O)O)noc2c1. The molecule has 0 aliphatic rings. The van der Waals surface area contributed by atoms with E-state index in [2.05, 4.69) is 22.4 Å². The normalized spacial score (nSPS) is 11.6. The van der Waals surface area contributed by atoms with Crippen molar-refractivity contribution in [2.24, 2.45) is 5.41 Å². The number of ketones is 1. The van der Waals surface area contributed by atoms with E-state index in [1.165, 1.54) is 6.07 Å². The molecule has 0 saturated heterocycles. The van der Waals surface area contributed by atoms with Gasteiger partial charge >= 0.3 is 11.9 Å². The number of carboxylic acids is 2. The van der Waals surface area contributed by atoms with Crippen molar-refractivity contribution in [3.8, 4) is 5.75 Å². The summed E-state index contributed by atoms with van der Waals surface area (Å²) >= 11 is 0. The fourth-order valence-corrected chi connectivity index (χ4v) is 4.12. The van der Waals surface area contributed by atoms with Crippen molar-refractivity contribution < 1.29 is 33.9 Å². The fraction of sp³-hybridized carbons (Fsp3) is 0.346. The van der Waals surface area contributed by atoms with Crippen LogP contribution in [0.15, 0.2) is 51.8 Å². The number of carboxylic acid groups (broad SMARTS) is 2. The Kier molecular flexibility index (Phi) is 7.79. The maximum Gasteiger partial charge on any atom is 0.321 e. The Morgan fingerprint density at radius 1 is 1.05 bits per heavy atom. The molecule has 0 aliphatic heterocycles. The number of unbranched alkanes of at least 4 members (excludes halogenated alkanes) is 2. The zero-order valence-electron chi connectivity index (χ0n) is 20.6. The van der Waals surface area contributed by atoms with Gasteiger partial charge in [-0.2, -0.15) is 0 Å². The quantitative estimate of drug-likeness (QED) is 0.150. The topological polar surface area (TPSA) is 175 Å². The van der Waals surface area contributed by atoms with Crippen molar-refractivity contribution in [3.05, 3.63) is 58.5 Å². The first-order chi connectivity index (χ1) is 18.3. The molecule has 4 aromatic rings. The summed E-state index contributed by atoms with van der Waals surface area (Å²) in [4.78, 5) is 50.3. The molecule has 0 unspecified atom stereocenters. The van der Waals surface area contributed by atoms with Crippen molar-refractivity contribution >= 4 is 39.6 Å². The number of hydrogen-bond donors (Lipinski definition) is 2. The highest BCUT2D eigenvalue weighted by atomic mass is 16.5. The number of aromatic nitrogens is 4. The number of rotatable bonds is 13. The van der Waals surface area contributed by atoms with E-state index in [9.17, 15) is 29.4 Å². The van der Waals surface area contributed by atoms with Crippen molar-refractivity contribution in [1.82, 2.24) is 20.2 Å². The Labute approximate surface area is 215 Å². The van der Waals surface area contributed by atoms with Gasteiger partial charge in [0.15, 0.2) is 22.5 Å². The summed E-state index contributed by atoms with van der Waals surface area (Å²) in [7, 11) is 0. The van der Waals surface area contributed by atoms with Gasteiger partial charge in [0, 0.05) is 19.0 Å². The number of hydrogen-bond acceptors (Lipinski definition) is 9. The second-order valence-corrected chi connectivity index (χ2v) is 8.92. The van der Waals surface area contributed by atoms with E-state index in [0.29, 0.717) is 23.3 Å². The van der Waals surface area contributed by atoms with Crippen LogP contribution in [0.5, 0.6) is 5.75 Å². The number of carbonyl (C=O) groups excluding carboxylic acids is 1. The largest absolute Gasteiger partial charge is 0.493 e. The number of aryl methyl sites for hydroxylation is 1. The van der Waals surface area contributed by atoms with Gasteiger partial charge in [-0.05, 0) is 37.1 Å². The van der Waals surface area contributed by atoms with Crippen LogP contribution < -0.4 is 10.3 Å². The summed E-state index contributed by atoms with van der Waals surface area (Å²) in [6.07, 6.45) is 1.46. The van der Waals surface area contributed by atoms with Crippen LogP contribution in [0, 0.1) is 5.41 Å². The molecule has 4 rings (SSSR count). The molecule has 2 aromatic carbocycles. The maximum atomic E-state index is 13.1. The first-order valence-electron chi connectivity index (χ1n) is 12.1. The number of fused-ring (bicyclic) bond motifs is 2. The fourth-order valence-electron chi connectivity index (χ4n) is 4.12. The van der Waals surface area contributed by atoms with E-state index in [1.807, 2.05) is 0 Å². The molecule has 0 bridgehead atoms. The second-order valence-electron chi connectivity index (χ2n) is 8.92. The van der Waals surface area contributed by atoms with Crippen molar-refractivity contribution in [2.75, 3.05) is 6.61 Å². The number of Topliss-reactive ketones (excluding diaryl/α,β-unsaturated/α-hetero) is 1. The molecule has 0 amide bonds. The average molecular weight is 523 g/mol. The van der Waals surface area contributed by atoms with Crippen LogP contribution >= 0.6 is 0 Å². The van der Waals surface area contributed by atoms with Gasteiger partial charge in [-0.15, -0.1) is 5.10 Å². The van der Waals surface area contributed by atoms with Crippen LogP contribution in [0.1, 0.15) is 49.5 Å². The molecule has 0 aliphatic carbocycles. The lowest BCUT2D eigenvalue weighted by atomic mass is 9.79. The Morgan fingerprint density at radius 3 is 2.55 bits per heavy atom. The predicted octanol–water partition coefficient (Wildman–Crippen LogP) is 3.32. The van der Waals surface area contributed by atoms with E-state index in [1.54, 1.807) is 36.4 Å². The Morgan fingerprint density at radius 2 is 1.82 bits per heavy atom. The number of ether oxygens (including phenoxy) is 1. The van der Waals surface area contributed by atoms with Crippen molar-refractivity contribution in [1.29, 1.82) is 0 Å². The molecular formula is C26H26N4O8. The summed E-state index contributed by atoms with van der Waals surface area (Å²) in [5.74, 6) is -3.76. The number of nitrogens with zero attached hydrogens (tertiary/aromatic N) is 4. The monoisotopic (exact) mass is 522 g/mol. The molecule has 2 N–H and O–H groups in total. The van der Waals surface area contributed by atoms with Gasteiger partial charge in [0.25, 0.3) is 5.56 Å². The van der Waals surface area contributed by atoms with Gasteiger partial charge in [-0.1, -0.05) is 42.3 Å². The third-order valence-corrected chi connectivity index (χ3v) is 6.39. The van der Waals surface area contributed by atoms with E-state index in [0.717, 1.165) is 23.9 Å². The third kappa shape index (κ3) is 5.24. The first-order valence-corrected chi connectivity index (χ1v) is 12.1. The molecule has 2 aromatic heterocycles. The van der Waals surface area contributed by atoms with Crippen molar-refractivity contribution in [2.45, 2.75) is 45.6 Å². The minimum absolute atomic E-state index is 0.188. The maximum absolute atomic E-state index is 13.1. The van der Waals surface area contributed by atoms with Crippen LogP contribution in [-0.4, -0.2) is 54.7 Å². The van der Waals surface area contributed by atoms with Gasteiger partial charge in [-0.25, -0.2) is 4.68 Å². The lowest BCUT2D eigenvalue weighted by Gasteiger charge is -2.23. The van der Waals surface area contributed by atoms with Crippen LogP contribution in [0.2, 0.25) is 0 Å². The first kappa shape index (κ1) is 26.5. The highest BCUT2D eigenvalue weighted by molar-refractivity contribution is 6.10. The summed E-state index contributed by atoms with van der Waals surface area (Å²) in [5, 5.41) is 31.9. The van der Waals surface area contributed by atoms with E-state index in [-0.39, 0.29) is 23.2 Å². The Bertz CT molecular complexity index is 1540. The van der Waals surface area contributed by atoms with Crippen molar-refractivity contribution in [3.63, 3.8) is 0 Å². The van der Waals surface area contributed by atoms with Crippen LogP contribution in [-0.2, 0) is 16.1 Å². The minimum Gasteiger partial charge on any atom is -0.493 e. The molecule has 2 heterocycles. The molecule has 38 heavy (non-hydrogen) atoms. The molecule has 12 nitrogen and oxygen atoms in total. The molecule has 0 fully saturated rings. The lowest BCUT2D eigenvalue weighted by molar-refractivity contribution is -0.165. The van der Waals surface area contributed by atoms with Gasteiger partial charge in [0.2, 0.25) is 0 Å². The van der Waals surface area contributed by atoms with Crippen LogP contribution in [0.4, 0.5) is 0 Å².